The predicted octanol–water partition coefficient (Wildman–Crippen LogP) is -0.0821. The van der Waals surface area contributed by atoms with Crippen LogP contribution in [0.25, 0.3) is 0 Å². The van der Waals surface area contributed by atoms with Crippen molar-refractivity contribution in [1.29, 1.82) is 0 Å². The van der Waals surface area contributed by atoms with E-state index in [0.717, 1.165) is 24.9 Å². The van der Waals surface area contributed by atoms with Gasteiger partial charge < -0.3 is 11.1 Å². The fraction of sp³-hybridized carbons (Fsp3) is 0.500. The molecule has 1 aliphatic rings. The number of piperidine rings is 1. The number of thiocarbonyl (C=S) groups is 1. The van der Waals surface area contributed by atoms with Crippen LogP contribution in [0.3, 0.4) is 0 Å². The van der Waals surface area contributed by atoms with Gasteiger partial charge in [0.2, 0.25) is 0 Å². The van der Waals surface area contributed by atoms with Crippen LogP contribution in [-0.4, -0.2) is 52.2 Å². The van der Waals surface area contributed by atoms with Crippen molar-refractivity contribution in [2.24, 2.45) is 5.73 Å². The molecule has 1 aromatic rings. The molecule has 89 valence electrons. The van der Waals surface area contributed by atoms with Crippen molar-refractivity contribution < 1.29 is 0 Å². The molecule has 5 nitrogen and oxygen atoms in total. The zero-order valence-electron chi connectivity index (χ0n) is 9.07. The monoisotopic (exact) mass is 246 g/mol. The molecule has 17 heavy (non-hydrogen) atoms. The van der Waals surface area contributed by atoms with Gasteiger partial charge in [-0.1, -0.05) is 6.42 Å². The Kier molecular flexibility index (Phi) is 5.99. The summed E-state index contributed by atoms with van der Waals surface area (Å²) in [4.78, 5) is 2.25. The second-order valence-electron chi connectivity index (χ2n) is 3.85. The van der Waals surface area contributed by atoms with Crippen LogP contribution in [0.4, 0.5) is 0 Å². The third-order valence-corrected chi connectivity index (χ3v) is 2.76. The number of aromatic amines is 1. The van der Waals surface area contributed by atoms with E-state index in [1.54, 1.807) is 6.20 Å². The van der Waals surface area contributed by atoms with Crippen molar-refractivity contribution in [3.63, 3.8) is 0 Å². The number of nitrogens with zero attached hydrogens (tertiary/aromatic N) is 2. The third-order valence-electron chi connectivity index (χ3n) is 2.66. The predicted molar refractivity (Wildman–Crippen MR) is 73.4 cm³/mol. The molecule has 0 amide bonds. The van der Waals surface area contributed by atoms with Gasteiger partial charge in [-0.25, -0.2) is 0 Å². The van der Waals surface area contributed by atoms with Gasteiger partial charge in [0.1, 0.15) is 5.69 Å². The number of nitrogens with one attached hydrogen (secondary N) is 2. The molecule has 7 heteroatoms. The van der Waals surface area contributed by atoms with Gasteiger partial charge >= 0.3 is 18.9 Å². The first kappa shape index (κ1) is 14.5. The van der Waals surface area contributed by atoms with Gasteiger partial charge in [0.25, 0.3) is 0 Å². The van der Waals surface area contributed by atoms with E-state index in [2.05, 4.69) is 20.4 Å². The normalized spacial score (nSPS) is 16.5. The molecule has 0 aliphatic carbocycles. The fourth-order valence-corrected chi connectivity index (χ4v) is 2.03. The van der Waals surface area contributed by atoms with Crippen LogP contribution >= 0.6 is 12.2 Å². The Bertz CT molecular complexity index is 336. The van der Waals surface area contributed by atoms with Gasteiger partial charge in [-0.2, -0.15) is 5.10 Å². The van der Waals surface area contributed by atoms with Gasteiger partial charge in [-0.3, -0.25) is 10.00 Å². The Morgan fingerprint density at radius 3 is 2.65 bits per heavy atom. The number of hydrogen-bond donors (Lipinski definition) is 3. The van der Waals surface area contributed by atoms with E-state index in [0.29, 0.717) is 0 Å². The van der Waals surface area contributed by atoms with Crippen LogP contribution < -0.4 is 11.1 Å². The van der Waals surface area contributed by atoms with Gasteiger partial charge in [0.15, 0.2) is 11.3 Å². The molecule has 0 saturated carbocycles. The van der Waals surface area contributed by atoms with Crippen LogP contribution in [-0.2, 0) is 0 Å². The molecule has 0 spiro atoms. The second-order valence-corrected chi connectivity index (χ2v) is 4.28. The van der Waals surface area contributed by atoms with Crippen molar-refractivity contribution in [3.05, 3.63) is 24.1 Å². The maximum absolute atomic E-state index is 5.54. The summed E-state index contributed by atoms with van der Waals surface area (Å²) in [6.45, 7) is 2.05. The molecule has 2 rings (SSSR count). The summed E-state index contributed by atoms with van der Waals surface area (Å²) in [7, 11) is 0. The van der Waals surface area contributed by atoms with Gasteiger partial charge in [-0.05, 0) is 31.1 Å². The minimum atomic E-state index is 0. The van der Waals surface area contributed by atoms with Crippen molar-refractivity contribution in [1.82, 2.24) is 20.4 Å². The number of H-pyrrole nitrogens is 1. The molecule has 0 bridgehead atoms. The number of likely N-dealkylation sites (tertiary alicyclic amines) is 1. The van der Waals surface area contributed by atoms with Crippen molar-refractivity contribution in [2.45, 2.75) is 19.3 Å². The molecule has 1 fully saturated rings. The Morgan fingerprint density at radius 1 is 1.41 bits per heavy atom. The fourth-order valence-electron chi connectivity index (χ4n) is 1.93. The Hall–Kier alpha value is -0.543. The van der Waals surface area contributed by atoms with Gasteiger partial charge in [0, 0.05) is 19.3 Å². The van der Waals surface area contributed by atoms with E-state index in [9.17, 15) is 0 Å². The number of hydrogen-bond acceptors (Lipinski definition) is 3. The number of rotatable bonds is 3. The van der Waals surface area contributed by atoms with Crippen LogP contribution in [0.15, 0.2) is 12.3 Å². The molecular weight excluding hydrogens is 229 g/mol. The molecular formula is C10H17LiN5S. The first-order valence-electron chi connectivity index (χ1n) is 5.46. The van der Waals surface area contributed by atoms with E-state index in [1.165, 1.54) is 19.3 Å². The first-order valence-corrected chi connectivity index (χ1v) is 5.87. The zero-order chi connectivity index (χ0) is 11.4. The Morgan fingerprint density at radius 2 is 2.12 bits per heavy atom. The molecule has 1 saturated heterocycles. The maximum atomic E-state index is 5.54. The SMILES string of the molecule is NC(=S)N[C](c1cc[nH]n1)N1CCCCC1.[LiH]. The van der Waals surface area contributed by atoms with Crippen molar-refractivity contribution in [2.75, 3.05) is 13.1 Å². The van der Waals surface area contributed by atoms with Crippen LogP contribution in [0, 0.1) is 6.17 Å². The molecule has 1 aromatic heterocycles. The summed E-state index contributed by atoms with van der Waals surface area (Å²) in [5.41, 5.74) is 6.40. The van der Waals surface area contributed by atoms with Crippen LogP contribution in [0.2, 0.25) is 0 Å². The summed E-state index contributed by atoms with van der Waals surface area (Å²) in [5, 5.41) is 10.3. The van der Waals surface area contributed by atoms with Crippen LogP contribution in [0.5, 0.6) is 0 Å². The molecule has 0 unspecified atom stereocenters. The molecule has 2 heterocycles. The van der Waals surface area contributed by atoms with Crippen molar-refractivity contribution >= 4 is 36.2 Å². The van der Waals surface area contributed by atoms with E-state index in [4.69, 9.17) is 18.0 Å². The summed E-state index contributed by atoms with van der Waals surface area (Å²) < 4.78 is 0. The molecule has 1 radical (unpaired) electrons. The molecule has 0 aromatic carbocycles. The Balaban J connectivity index is 0.00000144. The third kappa shape index (κ3) is 4.00. The van der Waals surface area contributed by atoms with Gasteiger partial charge in [0.05, 0.1) is 0 Å². The summed E-state index contributed by atoms with van der Waals surface area (Å²) in [5.74, 6) is 0. The van der Waals surface area contributed by atoms with E-state index in [1.807, 2.05) is 6.07 Å². The second kappa shape index (κ2) is 7.02. The molecule has 1 aliphatic heterocycles. The Labute approximate surface area is 119 Å². The van der Waals surface area contributed by atoms with Crippen LogP contribution in [0.1, 0.15) is 25.0 Å². The minimum absolute atomic E-state index is 0. The average molecular weight is 246 g/mol. The topological polar surface area (TPSA) is 70.0 Å². The van der Waals surface area contributed by atoms with Gasteiger partial charge in [-0.15, -0.1) is 0 Å². The summed E-state index contributed by atoms with van der Waals surface area (Å²) in [6, 6.07) is 1.91. The molecule has 4 N–H and O–H groups in total. The number of aromatic nitrogens is 2. The number of nitrogens with two attached hydrogens (primary N) is 1. The average Bonchev–Trinajstić information content (AvgIpc) is 2.80. The standard InChI is InChI=1S/C10H16N5S.Li.H/c11-10(16)13-9(8-4-5-12-14-8)15-6-2-1-3-7-15;;/h4-5H,1-3,6-7H2,(H,12,14)(H3,11,13,16);;. The van der Waals surface area contributed by atoms with E-state index >= 15 is 0 Å². The summed E-state index contributed by atoms with van der Waals surface area (Å²) in [6.07, 6.45) is 6.39. The van der Waals surface area contributed by atoms with E-state index in [-0.39, 0.29) is 24.0 Å². The zero-order valence-corrected chi connectivity index (χ0v) is 9.89. The first-order chi connectivity index (χ1) is 7.77. The van der Waals surface area contributed by atoms with Crippen molar-refractivity contribution in [3.8, 4) is 0 Å². The summed E-state index contributed by atoms with van der Waals surface area (Å²) >= 11 is 4.90. The molecule has 0 atom stereocenters. The quantitative estimate of drug-likeness (QED) is 0.514. The van der Waals surface area contributed by atoms with E-state index < -0.39 is 0 Å².